The van der Waals surface area contributed by atoms with E-state index >= 15 is 0 Å². The number of nitrogens with zero attached hydrogens (tertiary/aromatic N) is 2. The first kappa shape index (κ1) is 14.6. The Morgan fingerprint density at radius 3 is 2.00 bits per heavy atom. The van der Waals surface area contributed by atoms with Crippen molar-refractivity contribution >= 4 is 49.3 Å². The van der Waals surface area contributed by atoms with Crippen molar-refractivity contribution in [2.75, 3.05) is 10.2 Å². The van der Waals surface area contributed by atoms with Gasteiger partial charge in [0, 0.05) is 14.6 Å². The molecule has 0 aliphatic heterocycles. The molecule has 0 aliphatic carbocycles. The van der Waals surface area contributed by atoms with E-state index in [9.17, 15) is 4.79 Å². The van der Waals surface area contributed by atoms with Crippen molar-refractivity contribution in [1.82, 2.24) is 0 Å². The van der Waals surface area contributed by atoms with Gasteiger partial charge in [-0.2, -0.15) is 10.2 Å². The van der Waals surface area contributed by atoms with E-state index in [2.05, 4.69) is 37.2 Å². The zero-order chi connectivity index (χ0) is 14.5. The van der Waals surface area contributed by atoms with Gasteiger partial charge in [0.1, 0.15) is 0 Å². The Kier molecular flexibility index (Phi) is 4.77. The van der Waals surface area contributed by atoms with Gasteiger partial charge >= 0.3 is 6.03 Å². The van der Waals surface area contributed by atoms with Crippen molar-refractivity contribution in [3.8, 4) is 6.19 Å². The number of halogens is 2. The second kappa shape index (κ2) is 6.55. The first-order valence-corrected chi connectivity index (χ1v) is 7.21. The van der Waals surface area contributed by atoms with Gasteiger partial charge < -0.3 is 5.32 Å². The summed E-state index contributed by atoms with van der Waals surface area (Å²) in [6.07, 6.45) is 1.87. The lowest BCUT2D eigenvalue weighted by Gasteiger charge is -2.14. The molecule has 2 aromatic rings. The summed E-state index contributed by atoms with van der Waals surface area (Å²) in [4.78, 5) is 13.1. The summed E-state index contributed by atoms with van der Waals surface area (Å²) in [6, 6.07) is 13.5. The van der Waals surface area contributed by atoms with E-state index in [1.54, 1.807) is 36.4 Å². The highest BCUT2D eigenvalue weighted by atomic mass is 79.9. The Labute approximate surface area is 133 Å². The molecule has 2 amide bonds. The fourth-order valence-corrected chi connectivity index (χ4v) is 2.05. The van der Waals surface area contributed by atoms with Gasteiger partial charge in [-0.1, -0.05) is 31.9 Å². The summed E-state index contributed by atoms with van der Waals surface area (Å²) < 4.78 is 1.80. The van der Waals surface area contributed by atoms with Crippen LogP contribution in [0.1, 0.15) is 0 Å². The molecule has 0 bridgehead atoms. The van der Waals surface area contributed by atoms with Crippen molar-refractivity contribution in [1.29, 1.82) is 5.26 Å². The Bertz CT molecular complexity index is 648. The van der Waals surface area contributed by atoms with Gasteiger partial charge in [-0.05, 0) is 48.5 Å². The Balaban J connectivity index is 2.15. The van der Waals surface area contributed by atoms with E-state index in [0.29, 0.717) is 11.4 Å². The number of amides is 2. The number of benzene rings is 2. The molecule has 0 aromatic heterocycles. The molecule has 0 unspecified atom stereocenters. The second-order valence-corrected chi connectivity index (χ2v) is 5.68. The molecule has 2 aromatic carbocycles. The lowest BCUT2D eigenvalue weighted by molar-refractivity contribution is 0.259. The zero-order valence-electron chi connectivity index (χ0n) is 10.2. The fourth-order valence-electron chi connectivity index (χ4n) is 1.52. The fraction of sp³-hybridized carbons (Fsp3) is 0. The van der Waals surface area contributed by atoms with Gasteiger partial charge in [0.15, 0.2) is 6.19 Å². The SMILES string of the molecule is N#CN(C(=O)Nc1ccc(Br)cc1)c1ccc(Br)cc1. The topological polar surface area (TPSA) is 56.1 Å². The number of carbonyl (C=O) groups excluding carboxylic acids is 1. The van der Waals surface area contributed by atoms with Crippen molar-refractivity contribution in [3.05, 3.63) is 57.5 Å². The maximum Gasteiger partial charge on any atom is 0.339 e. The summed E-state index contributed by atoms with van der Waals surface area (Å²) in [7, 11) is 0. The molecule has 6 heteroatoms. The Hall–Kier alpha value is -1.84. The number of hydrogen-bond acceptors (Lipinski definition) is 2. The summed E-state index contributed by atoms with van der Waals surface area (Å²) in [5, 5.41) is 11.8. The number of urea groups is 1. The quantitative estimate of drug-likeness (QED) is 0.591. The van der Waals surface area contributed by atoms with Gasteiger partial charge in [-0.3, -0.25) is 0 Å². The molecule has 20 heavy (non-hydrogen) atoms. The van der Waals surface area contributed by atoms with Crippen LogP contribution in [0.2, 0.25) is 0 Å². The largest absolute Gasteiger partial charge is 0.339 e. The summed E-state index contributed by atoms with van der Waals surface area (Å²) in [6.45, 7) is 0. The smallest absolute Gasteiger partial charge is 0.307 e. The van der Waals surface area contributed by atoms with Gasteiger partial charge in [0.25, 0.3) is 0 Å². The Morgan fingerprint density at radius 2 is 1.50 bits per heavy atom. The molecule has 0 atom stereocenters. The summed E-state index contributed by atoms with van der Waals surface area (Å²) >= 11 is 6.63. The van der Waals surface area contributed by atoms with Gasteiger partial charge in [0.2, 0.25) is 0 Å². The third-order valence-electron chi connectivity index (χ3n) is 2.48. The molecule has 0 fully saturated rings. The van der Waals surface area contributed by atoms with Gasteiger partial charge in [0.05, 0.1) is 5.69 Å². The predicted molar refractivity (Wildman–Crippen MR) is 85.4 cm³/mol. The van der Waals surface area contributed by atoms with Crippen LogP contribution in [0.25, 0.3) is 0 Å². The molecule has 0 saturated carbocycles. The van der Waals surface area contributed by atoms with E-state index in [-0.39, 0.29) is 0 Å². The highest BCUT2D eigenvalue weighted by Crippen LogP contribution is 2.20. The number of anilines is 2. The highest BCUT2D eigenvalue weighted by molar-refractivity contribution is 9.10. The molecule has 0 heterocycles. The van der Waals surface area contributed by atoms with Crippen molar-refractivity contribution in [3.63, 3.8) is 0 Å². The predicted octanol–water partition coefficient (Wildman–Crippen LogP) is 4.73. The van der Waals surface area contributed by atoms with Crippen LogP contribution < -0.4 is 10.2 Å². The first-order chi connectivity index (χ1) is 9.60. The standard InChI is InChI=1S/C14H9Br2N3O/c15-10-1-5-12(6-2-10)18-14(20)19(9-17)13-7-3-11(16)4-8-13/h1-8H,(H,18,20). The molecule has 1 N–H and O–H groups in total. The summed E-state index contributed by atoms with van der Waals surface area (Å²) in [5.74, 6) is 0. The lowest BCUT2D eigenvalue weighted by atomic mass is 10.3. The van der Waals surface area contributed by atoms with Crippen molar-refractivity contribution < 1.29 is 4.79 Å². The average Bonchev–Trinajstić information content (AvgIpc) is 2.44. The number of hydrogen-bond donors (Lipinski definition) is 1. The molecule has 0 spiro atoms. The number of nitriles is 1. The molecule has 0 saturated heterocycles. The molecular formula is C14H9Br2N3O. The molecule has 0 radical (unpaired) electrons. The van der Waals surface area contributed by atoms with Crippen LogP contribution in [0.4, 0.5) is 16.2 Å². The van der Waals surface area contributed by atoms with Crippen LogP contribution in [-0.4, -0.2) is 6.03 Å². The van der Waals surface area contributed by atoms with Gasteiger partial charge in [-0.15, -0.1) is 0 Å². The van der Waals surface area contributed by atoms with Crippen LogP contribution >= 0.6 is 31.9 Å². The normalized spacial score (nSPS) is 9.65. The van der Waals surface area contributed by atoms with Crippen molar-refractivity contribution in [2.24, 2.45) is 0 Å². The number of rotatable bonds is 2. The van der Waals surface area contributed by atoms with E-state index in [1.807, 2.05) is 18.3 Å². The van der Waals surface area contributed by atoms with Crippen LogP contribution in [0.3, 0.4) is 0 Å². The van der Waals surface area contributed by atoms with Crippen LogP contribution in [0, 0.1) is 11.5 Å². The minimum atomic E-state index is -0.503. The van der Waals surface area contributed by atoms with E-state index < -0.39 is 6.03 Å². The average molecular weight is 395 g/mol. The van der Waals surface area contributed by atoms with Crippen LogP contribution in [0.15, 0.2) is 57.5 Å². The molecule has 4 nitrogen and oxygen atoms in total. The number of nitrogens with one attached hydrogen (secondary N) is 1. The molecule has 0 aliphatic rings. The molecular weight excluding hydrogens is 386 g/mol. The maximum atomic E-state index is 12.1. The first-order valence-electron chi connectivity index (χ1n) is 5.62. The highest BCUT2D eigenvalue weighted by Gasteiger charge is 2.15. The summed E-state index contributed by atoms with van der Waals surface area (Å²) in [5.41, 5.74) is 1.13. The third kappa shape index (κ3) is 3.59. The molecule has 2 rings (SSSR count). The van der Waals surface area contributed by atoms with Crippen LogP contribution in [-0.2, 0) is 0 Å². The van der Waals surface area contributed by atoms with Gasteiger partial charge in [-0.25, -0.2) is 4.79 Å². The van der Waals surface area contributed by atoms with E-state index in [4.69, 9.17) is 5.26 Å². The van der Waals surface area contributed by atoms with E-state index in [0.717, 1.165) is 13.8 Å². The molecule has 100 valence electrons. The monoisotopic (exact) mass is 393 g/mol. The Morgan fingerprint density at radius 1 is 1.00 bits per heavy atom. The zero-order valence-corrected chi connectivity index (χ0v) is 13.3. The maximum absolute atomic E-state index is 12.1. The third-order valence-corrected chi connectivity index (χ3v) is 3.54. The second-order valence-electron chi connectivity index (χ2n) is 3.85. The van der Waals surface area contributed by atoms with E-state index in [1.165, 1.54) is 0 Å². The number of carbonyl (C=O) groups is 1. The van der Waals surface area contributed by atoms with Crippen molar-refractivity contribution in [2.45, 2.75) is 0 Å². The minimum absolute atomic E-state index is 0.503. The minimum Gasteiger partial charge on any atom is -0.307 e. The van der Waals surface area contributed by atoms with Crippen LogP contribution in [0.5, 0.6) is 0 Å². The lowest BCUT2D eigenvalue weighted by Crippen LogP contribution is -2.30.